The van der Waals surface area contributed by atoms with Crippen LogP contribution >= 0.6 is 0 Å². The van der Waals surface area contributed by atoms with Crippen LogP contribution in [0.4, 0.5) is 0 Å². The van der Waals surface area contributed by atoms with E-state index in [9.17, 15) is 0 Å². The van der Waals surface area contributed by atoms with E-state index in [0.29, 0.717) is 32.8 Å². The Morgan fingerprint density at radius 2 is 1.10 bits per heavy atom. The molecule has 0 saturated carbocycles. The summed E-state index contributed by atoms with van der Waals surface area (Å²) in [4.78, 5) is 0. The fourth-order valence-corrected chi connectivity index (χ4v) is 6.95. The Morgan fingerprint density at radius 3 is 1.76 bits per heavy atom. The number of hydrogen-bond donors (Lipinski definition) is 0. The van der Waals surface area contributed by atoms with Crippen LogP contribution in [-0.4, -0.2) is 80.1 Å². The highest BCUT2D eigenvalue weighted by molar-refractivity contribution is 5.15. The standard InChI is InChI=1S/C39H48O10/c1-38(2)46-34-31(45-37-36(35(34)47-38)48-39(3,4)49-37)25-42-32-20-29(41-22-27-16-10-6-11-17-27)33(43-23-28-18-12-7-13-19-28)30(44-32)24-40-21-26-14-8-5-9-15-26/h5-19,29-37H,20-25H2,1-4H3/t29-,30?,31?,32+,33+,34+,35?,36?,37-/m1/s1. The summed E-state index contributed by atoms with van der Waals surface area (Å²) in [5.74, 6) is -1.60. The monoisotopic (exact) mass is 676 g/mol. The molecule has 3 aromatic carbocycles. The third-order valence-corrected chi connectivity index (χ3v) is 9.17. The normalized spacial score (nSPS) is 33.2. The van der Waals surface area contributed by atoms with Crippen LogP contribution in [-0.2, 0) is 67.2 Å². The molecule has 264 valence electrons. The number of fused-ring (bicyclic) bond motifs is 3. The summed E-state index contributed by atoms with van der Waals surface area (Å²) in [5, 5.41) is 0. The lowest BCUT2D eigenvalue weighted by atomic mass is 9.99. The molecule has 0 bridgehead atoms. The van der Waals surface area contributed by atoms with Crippen molar-refractivity contribution in [1.29, 1.82) is 0 Å². The summed E-state index contributed by atoms with van der Waals surface area (Å²) in [6.45, 7) is 9.30. The van der Waals surface area contributed by atoms with E-state index in [1.54, 1.807) is 0 Å². The summed E-state index contributed by atoms with van der Waals surface area (Å²) in [7, 11) is 0. The van der Waals surface area contributed by atoms with E-state index in [2.05, 4.69) is 24.3 Å². The predicted octanol–water partition coefficient (Wildman–Crippen LogP) is 5.90. The molecule has 10 heteroatoms. The quantitative estimate of drug-likeness (QED) is 0.218. The minimum Gasteiger partial charge on any atom is -0.374 e. The van der Waals surface area contributed by atoms with Crippen molar-refractivity contribution < 1.29 is 47.4 Å². The zero-order valence-electron chi connectivity index (χ0n) is 28.7. The average molecular weight is 677 g/mol. The second-order valence-electron chi connectivity index (χ2n) is 14.0. The molecule has 3 aromatic rings. The van der Waals surface area contributed by atoms with Crippen LogP contribution in [0.2, 0.25) is 0 Å². The van der Waals surface area contributed by atoms with Crippen LogP contribution in [0.15, 0.2) is 91.0 Å². The second-order valence-corrected chi connectivity index (χ2v) is 14.0. The highest BCUT2D eigenvalue weighted by Crippen LogP contribution is 2.44. The van der Waals surface area contributed by atoms with Crippen LogP contribution < -0.4 is 0 Å². The zero-order chi connectivity index (χ0) is 33.8. The number of benzene rings is 3. The molecule has 0 aromatic heterocycles. The third-order valence-electron chi connectivity index (χ3n) is 9.17. The summed E-state index contributed by atoms with van der Waals surface area (Å²) in [6, 6.07) is 30.3. The lowest BCUT2D eigenvalue weighted by molar-refractivity contribution is -0.296. The molecule has 4 aliphatic rings. The van der Waals surface area contributed by atoms with E-state index in [0.717, 1.165) is 16.7 Å². The number of ether oxygens (including phenoxy) is 10. The van der Waals surface area contributed by atoms with Crippen molar-refractivity contribution in [1.82, 2.24) is 0 Å². The van der Waals surface area contributed by atoms with Crippen LogP contribution in [0.5, 0.6) is 0 Å². The van der Waals surface area contributed by atoms with E-state index < -0.39 is 54.7 Å². The first-order valence-corrected chi connectivity index (χ1v) is 17.3. The van der Waals surface area contributed by atoms with Gasteiger partial charge in [0.25, 0.3) is 0 Å². The molecule has 0 N–H and O–H groups in total. The van der Waals surface area contributed by atoms with Gasteiger partial charge in [-0.15, -0.1) is 0 Å². The first-order valence-electron chi connectivity index (χ1n) is 17.3. The van der Waals surface area contributed by atoms with Gasteiger partial charge in [-0.1, -0.05) is 91.0 Å². The van der Waals surface area contributed by atoms with E-state index in [4.69, 9.17) is 47.4 Å². The van der Waals surface area contributed by atoms with Gasteiger partial charge in [-0.2, -0.15) is 0 Å². The van der Waals surface area contributed by atoms with Gasteiger partial charge in [-0.3, -0.25) is 0 Å². The van der Waals surface area contributed by atoms with Crippen LogP contribution in [0, 0.1) is 0 Å². The first-order chi connectivity index (χ1) is 23.7. The molecule has 0 radical (unpaired) electrons. The van der Waals surface area contributed by atoms with E-state index in [1.807, 2.05) is 94.4 Å². The van der Waals surface area contributed by atoms with Crippen LogP contribution in [0.3, 0.4) is 0 Å². The zero-order valence-corrected chi connectivity index (χ0v) is 28.7. The highest BCUT2D eigenvalue weighted by Gasteiger charge is 2.60. The molecule has 0 aliphatic carbocycles. The molecule has 7 rings (SSSR count). The smallest absolute Gasteiger partial charge is 0.190 e. The molecule has 10 nitrogen and oxygen atoms in total. The van der Waals surface area contributed by atoms with Crippen molar-refractivity contribution in [2.45, 2.75) is 121 Å². The molecule has 0 spiro atoms. The Kier molecular flexibility index (Phi) is 10.8. The number of rotatable bonds is 13. The molecule has 4 heterocycles. The van der Waals surface area contributed by atoms with Gasteiger partial charge in [0.15, 0.2) is 24.2 Å². The fourth-order valence-electron chi connectivity index (χ4n) is 6.95. The van der Waals surface area contributed by atoms with E-state index >= 15 is 0 Å². The molecule has 4 fully saturated rings. The topological polar surface area (TPSA) is 92.3 Å². The SMILES string of the molecule is CC1(C)OC2C3OC(C)(C)O[C@H]3C(CO[C@@H]3C[C@@H](OCc4ccccc4)[C@H](OCc4ccccc4)C(COCc4ccccc4)O3)O[C@@H]2O1. The van der Waals surface area contributed by atoms with Crippen molar-refractivity contribution in [3.63, 3.8) is 0 Å². The Labute approximate surface area is 288 Å². The van der Waals surface area contributed by atoms with Gasteiger partial charge in [0.05, 0.1) is 39.1 Å². The maximum Gasteiger partial charge on any atom is 0.190 e. The molecule has 0 amide bonds. The summed E-state index contributed by atoms with van der Waals surface area (Å²) in [5.41, 5.74) is 3.22. The van der Waals surface area contributed by atoms with Gasteiger partial charge in [0.2, 0.25) is 0 Å². The van der Waals surface area contributed by atoms with Gasteiger partial charge in [0.1, 0.15) is 36.6 Å². The van der Waals surface area contributed by atoms with Crippen molar-refractivity contribution in [3.8, 4) is 0 Å². The summed E-state index contributed by atoms with van der Waals surface area (Å²) in [6.07, 6.45) is -3.64. The van der Waals surface area contributed by atoms with Crippen molar-refractivity contribution in [3.05, 3.63) is 108 Å². The van der Waals surface area contributed by atoms with Gasteiger partial charge in [-0.25, -0.2) is 0 Å². The summed E-state index contributed by atoms with van der Waals surface area (Å²) >= 11 is 0. The van der Waals surface area contributed by atoms with Crippen LogP contribution in [0.1, 0.15) is 50.8 Å². The van der Waals surface area contributed by atoms with Crippen molar-refractivity contribution in [2.24, 2.45) is 0 Å². The van der Waals surface area contributed by atoms with Crippen LogP contribution in [0.25, 0.3) is 0 Å². The van der Waals surface area contributed by atoms with Gasteiger partial charge >= 0.3 is 0 Å². The Hall–Kier alpha value is -2.74. The Balaban J connectivity index is 1.07. The largest absolute Gasteiger partial charge is 0.374 e. The molecular weight excluding hydrogens is 628 g/mol. The lowest BCUT2D eigenvalue weighted by Gasteiger charge is -2.42. The molecular formula is C39H48O10. The molecule has 49 heavy (non-hydrogen) atoms. The molecule has 4 unspecified atom stereocenters. The van der Waals surface area contributed by atoms with Gasteiger partial charge in [-0.05, 0) is 44.4 Å². The minimum atomic E-state index is -0.802. The minimum absolute atomic E-state index is 0.191. The van der Waals surface area contributed by atoms with Gasteiger partial charge < -0.3 is 47.4 Å². The Bertz CT molecular complexity index is 1450. The number of hydrogen-bond acceptors (Lipinski definition) is 10. The predicted molar refractivity (Wildman–Crippen MR) is 178 cm³/mol. The maximum absolute atomic E-state index is 6.64. The first kappa shape index (κ1) is 34.7. The fraction of sp³-hybridized carbons (Fsp3) is 0.538. The third kappa shape index (κ3) is 8.77. The maximum atomic E-state index is 6.64. The molecule has 9 atom stereocenters. The molecule has 4 saturated heterocycles. The second kappa shape index (κ2) is 15.2. The van der Waals surface area contributed by atoms with E-state index in [1.165, 1.54) is 0 Å². The summed E-state index contributed by atoms with van der Waals surface area (Å²) < 4.78 is 63.9. The van der Waals surface area contributed by atoms with E-state index in [-0.39, 0.29) is 18.8 Å². The Morgan fingerprint density at radius 1 is 0.551 bits per heavy atom. The molecule has 4 aliphatic heterocycles. The lowest BCUT2D eigenvalue weighted by Crippen LogP contribution is -2.57. The highest BCUT2D eigenvalue weighted by atomic mass is 16.9. The van der Waals surface area contributed by atoms with Crippen molar-refractivity contribution >= 4 is 0 Å². The van der Waals surface area contributed by atoms with Crippen molar-refractivity contribution in [2.75, 3.05) is 13.2 Å². The van der Waals surface area contributed by atoms with Gasteiger partial charge in [0, 0.05) is 6.42 Å². The average Bonchev–Trinajstić information content (AvgIpc) is 3.60.